The van der Waals surface area contributed by atoms with E-state index in [0.717, 1.165) is 0 Å². The summed E-state index contributed by atoms with van der Waals surface area (Å²) in [6.07, 6.45) is 8.13. The molecule has 0 unspecified atom stereocenters. The zero-order chi connectivity index (χ0) is 15.7. The third-order valence-corrected chi connectivity index (χ3v) is 4.56. The quantitative estimate of drug-likeness (QED) is 0.595. The van der Waals surface area contributed by atoms with Crippen LogP contribution < -0.4 is 0 Å². The van der Waals surface area contributed by atoms with Gasteiger partial charge in [0.25, 0.3) is 0 Å². The zero-order valence-corrected chi connectivity index (χ0v) is 13.6. The van der Waals surface area contributed by atoms with Crippen LogP contribution >= 0.6 is 0 Å². The molecule has 0 saturated heterocycles. The molecule has 0 nitrogen and oxygen atoms in total. The van der Waals surface area contributed by atoms with Gasteiger partial charge in [-0.3, -0.25) is 0 Å². The van der Waals surface area contributed by atoms with Crippen LogP contribution in [0, 0.1) is 0 Å². The topological polar surface area (TPSA) is 0 Å². The van der Waals surface area contributed by atoms with Crippen LogP contribution in [0.1, 0.15) is 37.5 Å². The molecule has 1 aliphatic rings. The van der Waals surface area contributed by atoms with Crippen molar-refractivity contribution in [1.29, 1.82) is 0 Å². The minimum Gasteiger partial charge on any atom is -0.0990 e. The van der Waals surface area contributed by atoms with E-state index in [4.69, 9.17) is 0 Å². The lowest BCUT2D eigenvalue weighted by atomic mass is 9.81. The number of hydrogen-bond acceptors (Lipinski definition) is 0. The van der Waals surface area contributed by atoms with E-state index in [0.29, 0.717) is 0 Å². The van der Waals surface area contributed by atoms with Crippen molar-refractivity contribution >= 4 is 5.57 Å². The van der Waals surface area contributed by atoms with Gasteiger partial charge in [-0.15, -0.1) is 0 Å². The van der Waals surface area contributed by atoms with Gasteiger partial charge >= 0.3 is 0 Å². The van der Waals surface area contributed by atoms with Crippen LogP contribution in [0.15, 0.2) is 73.3 Å². The van der Waals surface area contributed by atoms with Gasteiger partial charge in [-0.05, 0) is 46.4 Å². The molecule has 0 atom stereocenters. The first kappa shape index (κ1) is 14.6. The normalized spacial score (nSPS) is 15.7. The SMILES string of the molecule is C=C/C=C(\C=C/C)c1ccc2c(c1)C(C)(C)c1ccccc1-2. The van der Waals surface area contributed by atoms with Crippen LogP contribution in [0.2, 0.25) is 0 Å². The van der Waals surface area contributed by atoms with Crippen molar-refractivity contribution in [3.8, 4) is 11.1 Å². The zero-order valence-electron chi connectivity index (χ0n) is 13.6. The highest BCUT2D eigenvalue weighted by atomic mass is 14.4. The second kappa shape index (κ2) is 5.46. The average Bonchev–Trinajstić information content (AvgIpc) is 2.76. The molecular weight excluding hydrogens is 264 g/mol. The maximum atomic E-state index is 3.83. The van der Waals surface area contributed by atoms with Crippen LogP contribution in [0.5, 0.6) is 0 Å². The summed E-state index contributed by atoms with van der Waals surface area (Å²) in [5.41, 5.74) is 8.06. The van der Waals surface area contributed by atoms with Crippen molar-refractivity contribution in [2.75, 3.05) is 0 Å². The smallest absolute Gasteiger partial charge is 0.0159 e. The molecule has 3 rings (SSSR count). The molecule has 0 heteroatoms. The van der Waals surface area contributed by atoms with Crippen molar-refractivity contribution in [3.05, 3.63) is 90.0 Å². The fourth-order valence-electron chi connectivity index (χ4n) is 3.44. The van der Waals surface area contributed by atoms with Gasteiger partial charge in [0.05, 0.1) is 0 Å². The maximum Gasteiger partial charge on any atom is 0.0159 e. The lowest BCUT2D eigenvalue weighted by molar-refractivity contribution is 0.660. The number of allylic oxidation sites excluding steroid dienone is 5. The lowest BCUT2D eigenvalue weighted by Crippen LogP contribution is -2.15. The highest BCUT2D eigenvalue weighted by molar-refractivity contribution is 5.84. The van der Waals surface area contributed by atoms with Gasteiger partial charge in [-0.2, -0.15) is 0 Å². The summed E-state index contributed by atoms with van der Waals surface area (Å²) in [5.74, 6) is 0. The van der Waals surface area contributed by atoms with Crippen LogP contribution in [0.4, 0.5) is 0 Å². The standard InChI is InChI=1S/C22H22/c1-5-9-16(10-6-2)17-13-14-19-18-11-7-8-12-20(18)22(3,4)21(19)15-17/h5-15H,1H2,2-4H3/b10-6-,16-9+. The van der Waals surface area contributed by atoms with Gasteiger partial charge in [-0.1, -0.05) is 81.1 Å². The first-order valence-electron chi connectivity index (χ1n) is 7.79. The molecule has 0 amide bonds. The lowest BCUT2D eigenvalue weighted by Gasteiger charge is -2.22. The number of fused-ring (bicyclic) bond motifs is 3. The fourth-order valence-corrected chi connectivity index (χ4v) is 3.44. The van der Waals surface area contributed by atoms with Crippen molar-refractivity contribution in [1.82, 2.24) is 0 Å². The molecule has 0 heterocycles. The van der Waals surface area contributed by atoms with Gasteiger partial charge in [0, 0.05) is 5.41 Å². The Morgan fingerprint density at radius 3 is 2.45 bits per heavy atom. The molecule has 2 aromatic carbocycles. The highest BCUT2D eigenvalue weighted by Crippen LogP contribution is 2.49. The third kappa shape index (κ3) is 2.16. The van der Waals surface area contributed by atoms with Gasteiger partial charge in [0.15, 0.2) is 0 Å². The van der Waals surface area contributed by atoms with Gasteiger partial charge in [0.2, 0.25) is 0 Å². The van der Waals surface area contributed by atoms with E-state index in [1.165, 1.54) is 33.4 Å². The largest absolute Gasteiger partial charge is 0.0990 e. The molecule has 2 aromatic rings. The molecule has 0 N–H and O–H groups in total. The van der Waals surface area contributed by atoms with Crippen molar-refractivity contribution < 1.29 is 0 Å². The van der Waals surface area contributed by atoms with E-state index in [2.05, 4.69) is 81.1 Å². The Kier molecular flexibility index (Phi) is 3.62. The first-order chi connectivity index (χ1) is 10.6. The van der Waals surface area contributed by atoms with Gasteiger partial charge in [-0.25, -0.2) is 0 Å². The predicted molar refractivity (Wildman–Crippen MR) is 97.0 cm³/mol. The van der Waals surface area contributed by atoms with Crippen LogP contribution in [-0.4, -0.2) is 0 Å². The van der Waals surface area contributed by atoms with E-state index in [9.17, 15) is 0 Å². The number of rotatable bonds is 3. The van der Waals surface area contributed by atoms with E-state index in [-0.39, 0.29) is 5.41 Å². The van der Waals surface area contributed by atoms with Crippen molar-refractivity contribution in [2.45, 2.75) is 26.2 Å². The number of hydrogen-bond donors (Lipinski definition) is 0. The van der Waals surface area contributed by atoms with Crippen molar-refractivity contribution in [2.24, 2.45) is 0 Å². The molecule has 0 aliphatic heterocycles. The summed E-state index contributed by atoms with van der Waals surface area (Å²) < 4.78 is 0. The second-order valence-corrected chi connectivity index (χ2v) is 6.29. The molecule has 22 heavy (non-hydrogen) atoms. The monoisotopic (exact) mass is 286 g/mol. The Hall–Kier alpha value is -2.34. The molecule has 0 aromatic heterocycles. The molecule has 110 valence electrons. The predicted octanol–water partition coefficient (Wildman–Crippen LogP) is 6.14. The van der Waals surface area contributed by atoms with E-state index in [1.807, 2.05) is 13.0 Å². The summed E-state index contributed by atoms with van der Waals surface area (Å²) in [6.45, 7) is 10.5. The van der Waals surface area contributed by atoms with Gasteiger partial charge in [0.1, 0.15) is 0 Å². The minimum absolute atomic E-state index is 0.0527. The van der Waals surface area contributed by atoms with Crippen LogP contribution in [-0.2, 0) is 5.41 Å². The minimum atomic E-state index is 0.0527. The second-order valence-electron chi connectivity index (χ2n) is 6.29. The highest BCUT2D eigenvalue weighted by Gasteiger charge is 2.35. The van der Waals surface area contributed by atoms with Crippen LogP contribution in [0.3, 0.4) is 0 Å². The molecular formula is C22H22. The molecule has 0 spiro atoms. The summed E-state index contributed by atoms with van der Waals surface area (Å²) >= 11 is 0. The van der Waals surface area contributed by atoms with E-state index >= 15 is 0 Å². The Labute approximate surface area is 133 Å². The average molecular weight is 286 g/mol. The molecule has 0 bridgehead atoms. The molecule has 0 fully saturated rings. The van der Waals surface area contributed by atoms with Gasteiger partial charge < -0.3 is 0 Å². The molecule has 1 aliphatic carbocycles. The Morgan fingerprint density at radius 2 is 1.73 bits per heavy atom. The first-order valence-corrected chi connectivity index (χ1v) is 7.79. The molecule has 0 radical (unpaired) electrons. The van der Waals surface area contributed by atoms with Crippen molar-refractivity contribution in [3.63, 3.8) is 0 Å². The van der Waals surface area contributed by atoms with Crippen LogP contribution in [0.25, 0.3) is 16.7 Å². The van der Waals surface area contributed by atoms with E-state index < -0.39 is 0 Å². The Balaban J connectivity index is 2.20. The molecule has 0 saturated carbocycles. The Bertz CT molecular complexity index is 785. The third-order valence-electron chi connectivity index (χ3n) is 4.56. The maximum absolute atomic E-state index is 3.83. The fraction of sp³-hybridized carbons (Fsp3) is 0.182. The summed E-state index contributed by atoms with van der Waals surface area (Å²) in [4.78, 5) is 0. The van der Waals surface area contributed by atoms with E-state index in [1.54, 1.807) is 0 Å². The Morgan fingerprint density at radius 1 is 1.00 bits per heavy atom. The summed E-state index contributed by atoms with van der Waals surface area (Å²) in [6, 6.07) is 15.6. The summed E-state index contributed by atoms with van der Waals surface area (Å²) in [5, 5.41) is 0. The summed E-state index contributed by atoms with van der Waals surface area (Å²) in [7, 11) is 0. The number of benzene rings is 2.